The van der Waals surface area contributed by atoms with Crippen LogP contribution >= 0.6 is 35.5 Å². The van der Waals surface area contributed by atoms with Crippen LogP contribution in [-0.2, 0) is 6.42 Å². The molecule has 0 saturated carbocycles. The molecule has 9 heteroatoms. The highest BCUT2D eigenvalue weighted by molar-refractivity contribution is 14.0. The van der Waals surface area contributed by atoms with Gasteiger partial charge in [0.15, 0.2) is 5.96 Å². The molecule has 1 aliphatic heterocycles. The van der Waals surface area contributed by atoms with Gasteiger partial charge in [-0.1, -0.05) is 26.2 Å². The summed E-state index contributed by atoms with van der Waals surface area (Å²) in [5.74, 6) is 2.03. The number of hydrogen-bond donors (Lipinski definition) is 1. The van der Waals surface area contributed by atoms with E-state index < -0.39 is 0 Å². The van der Waals surface area contributed by atoms with Crippen molar-refractivity contribution in [2.45, 2.75) is 52.4 Å². The number of aliphatic imine (C=N–C) groups is 1. The molecule has 0 spiro atoms. The van der Waals surface area contributed by atoms with Crippen LogP contribution in [-0.4, -0.2) is 85.0 Å². The van der Waals surface area contributed by atoms with Gasteiger partial charge in [-0.25, -0.2) is 4.98 Å². The molecule has 1 saturated heterocycles. The molecular weight excluding hydrogens is 497 g/mol. The Morgan fingerprint density at radius 3 is 2.38 bits per heavy atom. The van der Waals surface area contributed by atoms with Crippen LogP contribution in [0.15, 0.2) is 4.99 Å². The Kier molecular flexibility index (Phi) is 13.8. The van der Waals surface area contributed by atoms with E-state index in [2.05, 4.69) is 57.3 Å². The predicted molar refractivity (Wildman–Crippen MR) is 136 cm³/mol. The van der Waals surface area contributed by atoms with E-state index in [4.69, 9.17) is 4.99 Å². The first-order valence-corrected chi connectivity index (χ1v) is 11.7. The SMILES string of the molecule is CCNC(=NCCCCCCCN(C)C)N1CCN(c2nc(CC)ns2)CC1.I. The lowest BCUT2D eigenvalue weighted by Gasteiger charge is -2.36. The minimum absolute atomic E-state index is 0. The average molecular weight is 538 g/mol. The van der Waals surface area contributed by atoms with E-state index in [-0.39, 0.29) is 24.0 Å². The van der Waals surface area contributed by atoms with Crippen molar-refractivity contribution in [2.75, 3.05) is 64.8 Å². The van der Waals surface area contributed by atoms with Crippen LogP contribution in [0.4, 0.5) is 5.13 Å². The van der Waals surface area contributed by atoms with E-state index >= 15 is 0 Å². The fourth-order valence-corrected chi connectivity index (χ4v) is 4.11. The molecule has 29 heavy (non-hydrogen) atoms. The van der Waals surface area contributed by atoms with Gasteiger partial charge < -0.3 is 20.0 Å². The third-order valence-electron chi connectivity index (χ3n) is 4.98. The van der Waals surface area contributed by atoms with Crippen LogP contribution in [0.25, 0.3) is 0 Å². The van der Waals surface area contributed by atoms with Crippen LogP contribution in [0.2, 0.25) is 0 Å². The van der Waals surface area contributed by atoms with E-state index in [1.54, 1.807) is 0 Å². The van der Waals surface area contributed by atoms with Crippen molar-refractivity contribution >= 4 is 46.6 Å². The van der Waals surface area contributed by atoms with Gasteiger partial charge in [0.25, 0.3) is 0 Å². The first kappa shape index (κ1) is 26.4. The molecule has 0 aromatic carbocycles. The van der Waals surface area contributed by atoms with E-state index in [1.165, 1.54) is 50.2 Å². The molecule has 0 aliphatic carbocycles. The molecule has 0 radical (unpaired) electrons. The molecule has 2 rings (SSSR count). The molecule has 1 aliphatic rings. The van der Waals surface area contributed by atoms with Gasteiger partial charge in [0.2, 0.25) is 5.13 Å². The van der Waals surface area contributed by atoms with Crippen LogP contribution in [0, 0.1) is 0 Å². The number of anilines is 1. The van der Waals surface area contributed by atoms with Gasteiger partial charge >= 0.3 is 0 Å². The minimum Gasteiger partial charge on any atom is -0.357 e. The number of guanidine groups is 1. The normalized spacial score (nSPS) is 15.0. The van der Waals surface area contributed by atoms with Crippen molar-refractivity contribution in [3.05, 3.63) is 5.82 Å². The van der Waals surface area contributed by atoms with Gasteiger partial charge in [-0.15, -0.1) is 24.0 Å². The van der Waals surface area contributed by atoms with E-state index in [0.29, 0.717) is 0 Å². The standard InChI is InChI=1S/C20H39N7S.HI/c1-5-18-23-20(28-24-18)27-16-14-26(15-17-27)19(21-6-2)22-12-10-8-7-9-11-13-25(3)4;/h5-17H2,1-4H3,(H,21,22);1H. The van der Waals surface area contributed by atoms with Crippen molar-refractivity contribution in [1.82, 2.24) is 24.5 Å². The molecule has 0 atom stereocenters. The largest absolute Gasteiger partial charge is 0.357 e. The summed E-state index contributed by atoms with van der Waals surface area (Å²) >= 11 is 1.52. The van der Waals surface area contributed by atoms with E-state index in [0.717, 1.165) is 62.6 Å². The Hall–Kier alpha value is -0.680. The maximum atomic E-state index is 4.88. The zero-order valence-electron chi connectivity index (χ0n) is 18.7. The van der Waals surface area contributed by atoms with Gasteiger partial charge in [-0.3, -0.25) is 4.99 Å². The van der Waals surface area contributed by atoms with E-state index in [1.807, 2.05) is 0 Å². The van der Waals surface area contributed by atoms with Crippen LogP contribution < -0.4 is 10.2 Å². The highest BCUT2D eigenvalue weighted by Crippen LogP contribution is 2.19. The second-order valence-electron chi connectivity index (χ2n) is 7.63. The number of halogens is 1. The summed E-state index contributed by atoms with van der Waals surface area (Å²) in [5, 5.41) is 4.53. The van der Waals surface area contributed by atoms with Crippen LogP contribution in [0.5, 0.6) is 0 Å². The lowest BCUT2D eigenvalue weighted by atomic mass is 10.1. The van der Waals surface area contributed by atoms with Crippen molar-refractivity contribution in [3.8, 4) is 0 Å². The number of nitrogens with zero attached hydrogens (tertiary/aromatic N) is 6. The fraction of sp³-hybridized carbons (Fsp3) is 0.850. The molecule has 2 heterocycles. The van der Waals surface area contributed by atoms with Crippen LogP contribution in [0.3, 0.4) is 0 Å². The summed E-state index contributed by atoms with van der Waals surface area (Å²) < 4.78 is 4.42. The maximum Gasteiger partial charge on any atom is 0.205 e. The summed E-state index contributed by atoms with van der Waals surface area (Å²) in [4.78, 5) is 16.5. The first-order valence-electron chi connectivity index (χ1n) is 10.9. The molecule has 0 unspecified atom stereocenters. The topological polar surface area (TPSA) is 59.9 Å². The lowest BCUT2D eigenvalue weighted by molar-refractivity contribution is 0.372. The molecule has 0 amide bonds. The summed E-state index contributed by atoms with van der Waals surface area (Å²) in [7, 11) is 4.29. The number of unbranched alkanes of at least 4 members (excludes halogenated alkanes) is 4. The molecule has 168 valence electrons. The second kappa shape index (κ2) is 15.2. The van der Waals surface area contributed by atoms with Gasteiger partial charge in [0.05, 0.1) is 0 Å². The Labute approximate surface area is 198 Å². The zero-order valence-corrected chi connectivity index (χ0v) is 21.8. The second-order valence-corrected chi connectivity index (χ2v) is 8.36. The average Bonchev–Trinajstić information content (AvgIpc) is 3.18. The summed E-state index contributed by atoms with van der Waals surface area (Å²) in [6.45, 7) is 11.2. The Balaban J connectivity index is 0.00000420. The Morgan fingerprint density at radius 2 is 1.76 bits per heavy atom. The number of aryl methyl sites for hydroxylation is 1. The van der Waals surface area contributed by atoms with Crippen molar-refractivity contribution in [2.24, 2.45) is 4.99 Å². The van der Waals surface area contributed by atoms with Crippen molar-refractivity contribution in [3.63, 3.8) is 0 Å². The number of piperazine rings is 1. The molecule has 1 N–H and O–H groups in total. The maximum absolute atomic E-state index is 4.88. The van der Waals surface area contributed by atoms with Gasteiger partial charge in [0.1, 0.15) is 5.82 Å². The van der Waals surface area contributed by atoms with Gasteiger partial charge in [-0.05, 0) is 40.4 Å². The summed E-state index contributed by atoms with van der Waals surface area (Å²) in [6, 6.07) is 0. The molecule has 1 fully saturated rings. The fourth-order valence-electron chi connectivity index (χ4n) is 3.31. The molecule has 7 nitrogen and oxygen atoms in total. The van der Waals surface area contributed by atoms with Gasteiger partial charge in [0, 0.05) is 57.2 Å². The van der Waals surface area contributed by atoms with Gasteiger partial charge in [-0.2, -0.15) is 4.37 Å². The van der Waals surface area contributed by atoms with Crippen LogP contribution in [0.1, 0.15) is 51.8 Å². The Bertz CT molecular complexity index is 571. The number of rotatable bonds is 11. The zero-order chi connectivity index (χ0) is 20.2. The quantitative estimate of drug-likeness (QED) is 0.202. The molecule has 0 bridgehead atoms. The highest BCUT2D eigenvalue weighted by atomic mass is 127. The first-order chi connectivity index (χ1) is 13.6. The number of nitrogens with one attached hydrogen (secondary N) is 1. The summed E-state index contributed by atoms with van der Waals surface area (Å²) in [5.41, 5.74) is 0. The number of aromatic nitrogens is 2. The predicted octanol–water partition coefficient (Wildman–Crippen LogP) is 3.32. The highest BCUT2D eigenvalue weighted by Gasteiger charge is 2.21. The third kappa shape index (κ3) is 9.78. The minimum atomic E-state index is 0. The Morgan fingerprint density at radius 1 is 1.07 bits per heavy atom. The van der Waals surface area contributed by atoms with Crippen molar-refractivity contribution < 1.29 is 0 Å². The summed E-state index contributed by atoms with van der Waals surface area (Å²) in [6.07, 6.45) is 7.32. The monoisotopic (exact) mass is 537 g/mol. The molecular formula is C20H40IN7S. The molecule has 1 aromatic rings. The van der Waals surface area contributed by atoms with E-state index in [9.17, 15) is 0 Å². The smallest absolute Gasteiger partial charge is 0.205 e. The third-order valence-corrected chi connectivity index (χ3v) is 5.80. The van der Waals surface area contributed by atoms with Crippen molar-refractivity contribution in [1.29, 1.82) is 0 Å². The lowest BCUT2D eigenvalue weighted by Crippen LogP contribution is -2.52. The number of hydrogen-bond acceptors (Lipinski definition) is 6. The molecule has 1 aromatic heterocycles.